The summed E-state index contributed by atoms with van der Waals surface area (Å²) in [5.41, 5.74) is 3.18. The molecule has 3 heterocycles. The summed E-state index contributed by atoms with van der Waals surface area (Å²) in [4.78, 5) is 17.4. The quantitative estimate of drug-likeness (QED) is 0.843. The summed E-state index contributed by atoms with van der Waals surface area (Å²) in [6, 6.07) is 4.33. The highest BCUT2D eigenvalue weighted by Crippen LogP contribution is 2.31. The van der Waals surface area contributed by atoms with Gasteiger partial charge in [0, 0.05) is 23.8 Å². The molecule has 1 aliphatic carbocycles. The van der Waals surface area contributed by atoms with Gasteiger partial charge in [0.25, 0.3) is 0 Å². The number of nitrogens with zero attached hydrogens (tertiary/aromatic N) is 3. The van der Waals surface area contributed by atoms with E-state index < -0.39 is 0 Å². The number of amides is 1. The van der Waals surface area contributed by atoms with Gasteiger partial charge in [-0.25, -0.2) is 0 Å². The lowest BCUT2D eigenvalue weighted by molar-refractivity contribution is -0.136. The van der Waals surface area contributed by atoms with E-state index in [2.05, 4.69) is 15.1 Å². The van der Waals surface area contributed by atoms with Gasteiger partial charge in [0.15, 0.2) is 0 Å². The number of nitrogens with one attached hydrogen (secondary N) is 1. The Balaban J connectivity index is 1.49. The molecule has 1 atom stereocenters. The summed E-state index contributed by atoms with van der Waals surface area (Å²) >= 11 is 0. The highest BCUT2D eigenvalue weighted by atomic mass is 16.5. The van der Waals surface area contributed by atoms with Crippen molar-refractivity contribution in [2.75, 3.05) is 26.3 Å². The summed E-state index contributed by atoms with van der Waals surface area (Å²) in [5.74, 6) is 1.90. The van der Waals surface area contributed by atoms with Gasteiger partial charge >= 0.3 is 0 Å². The van der Waals surface area contributed by atoms with E-state index in [4.69, 9.17) is 9.15 Å². The molecule has 1 N–H and O–H groups in total. The van der Waals surface area contributed by atoms with Crippen LogP contribution in [0.2, 0.25) is 0 Å². The normalized spacial score (nSPS) is 20.8. The minimum absolute atomic E-state index is 0.0633. The highest BCUT2D eigenvalue weighted by molar-refractivity contribution is 5.79. The maximum Gasteiger partial charge on any atom is 0.237 e. The number of morpholine rings is 1. The van der Waals surface area contributed by atoms with Crippen molar-refractivity contribution in [1.82, 2.24) is 20.0 Å². The molecule has 1 amide bonds. The van der Waals surface area contributed by atoms with Gasteiger partial charge in [-0.15, -0.1) is 0 Å². The molecule has 27 heavy (non-hydrogen) atoms. The van der Waals surface area contributed by atoms with E-state index in [0.29, 0.717) is 32.3 Å². The van der Waals surface area contributed by atoms with Crippen molar-refractivity contribution < 1.29 is 13.9 Å². The van der Waals surface area contributed by atoms with Crippen LogP contribution in [0.1, 0.15) is 47.4 Å². The van der Waals surface area contributed by atoms with Gasteiger partial charge in [-0.2, -0.15) is 5.10 Å². The maximum absolute atomic E-state index is 13.2. The fourth-order valence-corrected chi connectivity index (χ4v) is 3.95. The third-order valence-electron chi connectivity index (χ3n) is 5.53. The number of ether oxygens (including phenoxy) is 1. The van der Waals surface area contributed by atoms with Crippen molar-refractivity contribution in [3.8, 4) is 0 Å². The Morgan fingerprint density at radius 3 is 2.78 bits per heavy atom. The second kappa shape index (κ2) is 7.48. The average Bonchev–Trinajstić information content (AvgIpc) is 3.32. The first-order valence-corrected chi connectivity index (χ1v) is 9.71. The molecule has 146 valence electrons. The first-order chi connectivity index (χ1) is 13.0. The van der Waals surface area contributed by atoms with E-state index >= 15 is 0 Å². The molecule has 1 saturated heterocycles. The van der Waals surface area contributed by atoms with Crippen LogP contribution >= 0.6 is 0 Å². The van der Waals surface area contributed by atoms with Gasteiger partial charge in [0.2, 0.25) is 5.91 Å². The SMILES string of the molecule is Cc1ccc(CN(C(=O)CN2CCOC[C@H]2c2c(C)n[nH]c2C)C2CC2)o1. The number of furan rings is 1. The molecule has 0 radical (unpaired) electrons. The summed E-state index contributed by atoms with van der Waals surface area (Å²) in [6.45, 7) is 8.91. The smallest absolute Gasteiger partial charge is 0.237 e. The van der Waals surface area contributed by atoms with Crippen molar-refractivity contribution in [3.63, 3.8) is 0 Å². The fourth-order valence-electron chi connectivity index (χ4n) is 3.95. The predicted octanol–water partition coefficient (Wildman–Crippen LogP) is 2.49. The van der Waals surface area contributed by atoms with Crippen molar-refractivity contribution in [2.24, 2.45) is 0 Å². The number of carbonyl (C=O) groups is 1. The van der Waals surface area contributed by atoms with Crippen LogP contribution in [0.4, 0.5) is 0 Å². The lowest BCUT2D eigenvalue weighted by Crippen LogP contribution is -2.47. The van der Waals surface area contributed by atoms with Crippen molar-refractivity contribution >= 4 is 5.91 Å². The van der Waals surface area contributed by atoms with Crippen LogP contribution in [0.25, 0.3) is 0 Å². The Hall–Kier alpha value is -2.12. The predicted molar refractivity (Wildman–Crippen MR) is 100 cm³/mol. The van der Waals surface area contributed by atoms with E-state index in [0.717, 1.165) is 47.9 Å². The molecule has 2 fully saturated rings. The zero-order valence-electron chi connectivity index (χ0n) is 16.3. The molecule has 2 aliphatic rings. The highest BCUT2D eigenvalue weighted by Gasteiger charge is 2.36. The Labute approximate surface area is 159 Å². The second-order valence-corrected chi connectivity index (χ2v) is 7.67. The van der Waals surface area contributed by atoms with Crippen LogP contribution in [-0.2, 0) is 16.1 Å². The standard InChI is InChI=1S/C20H28N4O3/c1-13-4-7-17(27-13)10-24(16-5-6-16)19(25)11-23-8-9-26-12-18(23)20-14(2)21-22-15(20)3/h4,7,16,18H,5-6,8-12H2,1-3H3,(H,21,22)/t18-/m0/s1. The number of H-pyrrole nitrogens is 1. The van der Waals surface area contributed by atoms with Crippen LogP contribution in [0, 0.1) is 20.8 Å². The summed E-state index contributed by atoms with van der Waals surface area (Å²) in [7, 11) is 0. The molecule has 7 nitrogen and oxygen atoms in total. The zero-order chi connectivity index (χ0) is 19.0. The zero-order valence-corrected chi connectivity index (χ0v) is 16.3. The van der Waals surface area contributed by atoms with Gasteiger partial charge in [-0.1, -0.05) is 0 Å². The van der Waals surface area contributed by atoms with Gasteiger partial charge in [0.1, 0.15) is 11.5 Å². The first kappa shape index (κ1) is 18.3. The molecular formula is C20H28N4O3. The molecular weight excluding hydrogens is 344 g/mol. The molecule has 7 heteroatoms. The Bertz CT molecular complexity index is 789. The number of aromatic amines is 1. The largest absolute Gasteiger partial charge is 0.464 e. The van der Waals surface area contributed by atoms with Gasteiger partial charge in [-0.3, -0.25) is 14.8 Å². The summed E-state index contributed by atoms with van der Waals surface area (Å²) in [6.07, 6.45) is 2.16. The lowest BCUT2D eigenvalue weighted by atomic mass is 10.0. The fraction of sp³-hybridized carbons (Fsp3) is 0.600. The number of aromatic nitrogens is 2. The number of aryl methyl sites for hydroxylation is 3. The van der Waals surface area contributed by atoms with Gasteiger partial charge in [0.05, 0.1) is 38.0 Å². The molecule has 2 aromatic heterocycles. The van der Waals surface area contributed by atoms with E-state index in [1.807, 2.05) is 37.8 Å². The van der Waals surface area contributed by atoms with Crippen molar-refractivity contribution in [3.05, 3.63) is 40.6 Å². The molecule has 1 saturated carbocycles. The second-order valence-electron chi connectivity index (χ2n) is 7.67. The topological polar surface area (TPSA) is 74.6 Å². The average molecular weight is 372 g/mol. The Kier molecular flexibility index (Phi) is 5.06. The van der Waals surface area contributed by atoms with Crippen LogP contribution in [-0.4, -0.2) is 58.2 Å². The Morgan fingerprint density at radius 1 is 1.33 bits per heavy atom. The van der Waals surface area contributed by atoms with Crippen LogP contribution < -0.4 is 0 Å². The van der Waals surface area contributed by atoms with Crippen molar-refractivity contribution in [2.45, 2.75) is 52.2 Å². The number of hydrogen-bond donors (Lipinski definition) is 1. The van der Waals surface area contributed by atoms with Gasteiger partial charge < -0.3 is 14.1 Å². The van der Waals surface area contributed by atoms with Crippen LogP contribution in [0.3, 0.4) is 0 Å². The molecule has 1 aliphatic heterocycles. The van der Waals surface area contributed by atoms with E-state index in [1.165, 1.54) is 0 Å². The van der Waals surface area contributed by atoms with Crippen LogP contribution in [0.5, 0.6) is 0 Å². The monoisotopic (exact) mass is 372 g/mol. The van der Waals surface area contributed by atoms with E-state index in [-0.39, 0.29) is 11.9 Å². The van der Waals surface area contributed by atoms with E-state index in [1.54, 1.807) is 0 Å². The summed E-state index contributed by atoms with van der Waals surface area (Å²) in [5, 5.41) is 7.38. The maximum atomic E-state index is 13.2. The molecule has 0 bridgehead atoms. The van der Waals surface area contributed by atoms with E-state index in [9.17, 15) is 4.79 Å². The summed E-state index contributed by atoms with van der Waals surface area (Å²) < 4.78 is 11.4. The minimum atomic E-state index is 0.0633. The molecule has 0 unspecified atom stereocenters. The lowest BCUT2D eigenvalue weighted by Gasteiger charge is -2.36. The number of carbonyl (C=O) groups excluding carboxylic acids is 1. The number of rotatable bonds is 6. The Morgan fingerprint density at radius 2 is 2.15 bits per heavy atom. The van der Waals surface area contributed by atoms with Crippen molar-refractivity contribution in [1.29, 1.82) is 0 Å². The van der Waals surface area contributed by atoms with Crippen LogP contribution in [0.15, 0.2) is 16.5 Å². The molecule has 4 rings (SSSR count). The third kappa shape index (κ3) is 3.94. The third-order valence-corrected chi connectivity index (χ3v) is 5.53. The number of hydrogen-bond acceptors (Lipinski definition) is 5. The molecule has 0 spiro atoms. The minimum Gasteiger partial charge on any atom is -0.464 e. The first-order valence-electron chi connectivity index (χ1n) is 9.71. The molecule has 0 aromatic carbocycles. The van der Waals surface area contributed by atoms with Gasteiger partial charge in [-0.05, 0) is 45.7 Å². The molecule has 2 aromatic rings.